The Kier molecular flexibility index (Phi) is 3.11. The van der Waals surface area contributed by atoms with Crippen molar-refractivity contribution in [2.75, 3.05) is 10.6 Å². The van der Waals surface area contributed by atoms with Gasteiger partial charge in [-0.1, -0.05) is 0 Å². The average Bonchev–Trinajstić information content (AvgIpc) is 2.01. The number of nitrogens with zero attached hydrogens (tertiary/aromatic N) is 2. The molecule has 0 fully saturated rings. The van der Waals surface area contributed by atoms with Crippen molar-refractivity contribution < 1.29 is 9.59 Å². The first-order valence-corrected chi connectivity index (χ1v) is 3.95. The molecule has 1 aromatic heterocycles. The number of anilines is 2. The molecule has 0 aliphatic heterocycles. The van der Waals surface area contributed by atoms with E-state index < -0.39 is 0 Å². The maximum Gasteiger partial charge on any atom is 0.222 e. The van der Waals surface area contributed by atoms with Crippen molar-refractivity contribution in [2.24, 2.45) is 0 Å². The molecule has 0 aromatic carbocycles. The molecule has 6 nitrogen and oxygen atoms in total. The third kappa shape index (κ3) is 3.18. The summed E-state index contributed by atoms with van der Waals surface area (Å²) in [4.78, 5) is 29.1. The van der Waals surface area contributed by atoms with E-state index in [1.165, 1.54) is 26.2 Å². The van der Waals surface area contributed by atoms with Crippen molar-refractivity contribution in [1.82, 2.24) is 9.97 Å². The highest BCUT2D eigenvalue weighted by Crippen LogP contribution is 2.05. The van der Waals surface area contributed by atoms with E-state index in [9.17, 15) is 9.59 Å². The van der Waals surface area contributed by atoms with Crippen molar-refractivity contribution >= 4 is 23.5 Å². The molecule has 0 saturated heterocycles. The van der Waals surface area contributed by atoms with Crippen molar-refractivity contribution in [3.8, 4) is 0 Å². The molecule has 1 heterocycles. The molecule has 74 valence electrons. The van der Waals surface area contributed by atoms with Crippen LogP contribution in [0.4, 0.5) is 11.6 Å². The number of hydrogen-bond donors (Lipinski definition) is 2. The Morgan fingerprint density at radius 3 is 1.86 bits per heavy atom. The Hall–Kier alpha value is -1.98. The maximum absolute atomic E-state index is 10.7. The lowest BCUT2D eigenvalue weighted by molar-refractivity contribution is -0.115. The van der Waals surface area contributed by atoms with Gasteiger partial charge in [-0.05, 0) is 0 Å². The minimum Gasteiger partial charge on any atom is -0.310 e. The van der Waals surface area contributed by atoms with Gasteiger partial charge in [0, 0.05) is 13.8 Å². The first-order chi connectivity index (χ1) is 6.58. The second-order valence-corrected chi connectivity index (χ2v) is 2.65. The molecule has 14 heavy (non-hydrogen) atoms. The van der Waals surface area contributed by atoms with Crippen LogP contribution in [0.1, 0.15) is 13.8 Å². The van der Waals surface area contributed by atoms with E-state index in [0.717, 1.165) is 0 Å². The third-order valence-corrected chi connectivity index (χ3v) is 1.24. The fraction of sp³-hybridized carbons (Fsp3) is 0.250. The lowest BCUT2D eigenvalue weighted by Gasteiger charge is -2.03. The van der Waals surface area contributed by atoms with E-state index in [2.05, 4.69) is 20.6 Å². The summed E-state index contributed by atoms with van der Waals surface area (Å²) in [5, 5.41) is 4.91. The molecule has 0 unspecified atom stereocenters. The topological polar surface area (TPSA) is 84.0 Å². The lowest BCUT2D eigenvalue weighted by atomic mass is 10.5. The van der Waals surface area contributed by atoms with E-state index in [1.54, 1.807) is 0 Å². The largest absolute Gasteiger partial charge is 0.310 e. The Balaban J connectivity index is 2.78. The van der Waals surface area contributed by atoms with Crippen LogP contribution in [-0.2, 0) is 9.59 Å². The summed E-state index contributed by atoms with van der Waals surface area (Å²) in [6.07, 6.45) is 2.79. The van der Waals surface area contributed by atoms with Crippen LogP contribution in [0.5, 0.6) is 0 Å². The van der Waals surface area contributed by atoms with Crippen LogP contribution in [0.3, 0.4) is 0 Å². The molecule has 0 bridgehead atoms. The molecule has 2 N–H and O–H groups in total. The van der Waals surface area contributed by atoms with Gasteiger partial charge < -0.3 is 10.6 Å². The molecule has 0 aliphatic rings. The number of nitrogens with one attached hydrogen (secondary N) is 2. The monoisotopic (exact) mass is 194 g/mol. The Morgan fingerprint density at radius 2 is 1.50 bits per heavy atom. The molecule has 0 saturated carbocycles. The fourth-order valence-corrected chi connectivity index (χ4v) is 0.847. The quantitative estimate of drug-likeness (QED) is 0.713. The summed E-state index contributed by atoms with van der Waals surface area (Å²) in [6.45, 7) is 2.74. The van der Waals surface area contributed by atoms with E-state index in [4.69, 9.17) is 0 Å². The molecule has 0 aliphatic carbocycles. The zero-order chi connectivity index (χ0) is 10.6. The number of rotatable bonds is 2. The summed E-state index contributed by atoms with van der Waals surface area (Å²) >= 11 is 0. The lowest BCUT2D eigenvalue weighted by Crippen LogP contribution is -2.11. The van der Waals surface area contributed by atoms with Crippen molar-refractivity contribution in [3.05, 3.63) is 12.4 Å². The Morgan fingerprint density at radius 1 is 1.07 bits per heavy atom. The summed E-state index contributed by atoms with van der Waals surface area (Å²) in [5.41, 5.74) is 0. The number of carbonyl (C=O) groups excluding carboxylic acids is 2. The second-order valence-electron chi connectivity index (χ2n) is 2.65. The minimum absolute atomic E-state index is 0.237. The number of amides is 2. The van der Waals surface area contributed by atoms with Crippen molar-refractivity contribution in [2.45, 2.75) is 13.8 Å². The number of hydrogen-bond acceptors (Lipinski definition) is 4. The van der Waals surface area contributed by atoms with Gasteiger partial charge in [0.1, 0.15) is 0 Å². The summed E-state index contributed by atoms with van der Waals surface area (Å²) in [6, 6.07) is 0. The summed E-state index contributed by atoms with van der Waals surface area (Å²) < 4.78 is 0. The van der Waals surface area contributed by atoms with Gasteiger partial charge in [-0.25, -0.2) is 4.98 Å². The van der Waals surface area contributed by atoms with Crippen molar-refractivity contribution in [1.29, 1.82) is 0 Å². The highest BCUT2D eigenvalue weighted by molar-refractivity contribution is 5.89. The summed E-state index contributed by atoms with van der Waals surface area (Å²) in [5.74, 6) is 0.144. The highest BCUT2D eigenvalue weighted by atomic mass is 16.2. The van der Waals surface area contributed by atoms with Crippen LogP contribution < -0.4 is 10.6 Å². The second kappa shape index (κ2) is 4.31. The first kappa shape index (κ1) is 10.1. The molecule has 2 amide bonds. The van der Waals surface area contributed by atoms with Crippen LogP contribution in [-0.4, -0.2) is 21.8 Å². The Bertz CT molecular complexity index is 333. The standard InChI is InChI=1S/C8H10N4O2/c1-5(13)10-7-3-9-4-8(12-7)11-6(2)14/h3-4H,1-2H3,(H2,10,11,12,13,14). The fourth-order valence-electron chi connectivity index (χ4n) is 0.847. The number of aromatic nitrogens is 2. The zero-order valence-electron chi connectivity index (χ0n) is 7.87. The predicted octanol–water partition coefficient (Wildman–Crippen LogP) is 0.393. The minimum atomic E-state index is -0.237. The van der Waals surface area contributed by atoms with E-state index in [0.29, 0.717) is 11.6 Å². The van der Waals surface area contributed by atoms with E-state index in [1.807, 2.05) is 0 Å². The van der Waals surface area contributed by atoms with Crippen LogP contribution in [0, 0.1) is 0 Å². The summed E-state index contributed by atoms with van der Waals surface area (Å²) in [7, 11) is 0. The molecule has 1 aromatic rings. The molecule has 6 heteroatoms. The highest BCUT2D eigenvalue weighted by Gasteiger charge is 2.00. The molecule has 0 atom stereocenters. The van der Waals surface area contributed by atoms with Gasteiger partial charge in [0.2, 0.25) is 11.8 Å². The van der Waals surface area contributed by atoms with Crippen LogP contribution in [0.15, 0.2) is 12.4 Å². The third-order valence-electron chi connectivity index (χ3n) is 1.24. The molecule has 1 rings (SSSR count). The van der Waals surface area contributed by atoms with Crippen LogP contribution >= 0.6 is 0 Å². The van der Waals surface area contributed by atoms with E-state index in [-0.39, 0.29) is 11.8 Å². The molecule has 0 radical (unpaired) electrons. The van der Waals surface area contributed by atoms with Gasteiger partial charge in [0.05, 0.1) is 12.4 Å². The molecular weight excluding hydrogens is 184 g/mol. The van der Waals surface area contributed by atoms with Crippen LogP contribution in [0.25, 0.3) is 0 Å². The van der Waals surface area contributed by atoms with Gasteiger partial charge in [-0.15, -0.1) is 0 Å². The van der Waals surface area contributed by atoms with Gasteiger partial charge in [-0.2, -0.15) is 0 Å². The SMILES string of the molecule is CC(=O)Nc1cncc(NC(C)=O)n1. The van der Waals surface area contributed by atoms with Gasteiger partial charge >= 0.3 is 0 Å². The maximum atomic E-state index is 10.7. The van der Waals surface area contributed by atoms with Gasteiger partial charge in [0.15, 0.2) is 11.6 Å². The Labute approximate surface area is 80.8 Å². The number of carbonyl (C=O) groups is 2. The smallest absolute Gasteiger partial charge is 0.222 e. The van der Waals surface area contributed by atoms with Crippen LogP contribution in [0.2, 0.25) is 0 Å². The predicted molar refractivity (Wildman–Crippen MR) is 50.6 cm³/mol. The van der Waals surface area contributed by atoms with Gasteiger partial charge in [0.25, 0.3) is 0 Å². The molecule has 0 spiro atoms. The van der Waals surface area contributed by atoms with E-state index >= 15 is 0 Å². The van der Waals surface area contributed by atoms with Gasteiger partial charge in [-0.3, -0.25) is 14.6 Å². The van der Waals surface area contributed by atoms with Crippen molar-refractivity contribution in [3.63, 3.8) is 0 Å². The first-order valence-electron chi connectivity index (χ1n) is 3.95. The normalized spacial score (nSPS) is 9.29. The average molecular weight is 194 g/mol. The zero-order valence-corrected chi connectivity index (χ0v) is 7.87. The molecular formula is C8H10N4O2.